The first-order valence-electron chi connectivity index (χ1n) is 6.83. The minimum atomic E-state index is -0.0843. The van der Waals surface area contributed by atoms with Crippen molar-refractivity contribution in [1.29, 1.82) is 0 Å². The van der Waals surface area contributed by atoms with Crippen molar-refractivity contribution < 1.29 is 9.21 Å². The molecule has 0 unspecified atom stereocenters. The highest BCUT2D eigenvalue weighted by atomic mass is 32.1. The highest BCUT2D eigenvalue weighted by molar-refractivity contribution is 7.10. The van der Waals surface area contributed by atoms with Crippen LogP contribution in [0, 0.1) is 0 Å². The first-order valence-corrected chi connectivity index (χ1v) is 7.70. The Morgan fingerprint density at radius 1 is 1.55 bits per heavy atom. The lowest BCUT2D eigenvalue weighted by Gasteiger charge is -2.26. The number of fused-ring (bicyclic) bond motifs is 1. The summed E-state index contributed by atoms with van der Waals surface area (Å²) in [6.07, 6.45) is 2.68. The molecule has 0 aromatic carbocycles. The predicted octanol–water partition coefficient (Wildman–Crippen LogP) is 2.58. The molecule has 0 radical (unpaired) electrons. The molecule has 2 aromatic heterocycles. The maximum atomic E-state index is 12.1. The van der Waals surface area contributed by atoms with E-state index in [-0.39, 0.29) is 11.9 Å². The van der Waals surface area contributed by atoms with E-state index in [2.05, 4.69) is 21.7 Å². The van der Waals surface area contributed by atoms with Crippen LogP contribution in [0.1, 0.15) is 29.2 Å². The molecule has 3 heterocycles. The molecule has 3 rings (SSSR count). The van der Waals surface area contributed by atoms with Gasteiger partial charge in [-0.25, -0.2) is 0 Å². The van der Waals surface area contributed by atoms with Gasteiger partial charge in [-0.15, -0.1) is 11.3 Å². The van der Waals surface area contributed by atoms with Crippen LogP contribution in [0.4, 0.5) is 0 Å². The average molecular weight is 290 g/mol. The third-order valence-electron chi connectivity index (χ3n) is 3.60. The van der Waals surface area contributed by atoms with Gasteiger partial charge in [-0.1, -0.05) is 0 Å². The van der Waals surface area contributed by atoms with E-state index in [0.717, 1.165) is 25.3 Å². The van der Waals surface area contributed by atoms with Crippen LogP contribution in [0.15, 0.2) is 34.3 Å². The summed E-state index contributed by atoms with van der Waals surface area (Å²) in [4.78, 5) is 15.7. The number of amides is 1. The van der Waals surface area contributed by atoms with E-state index in [1.54, 1.807) is 6.26 Å². The third-order valence-corrected chi connectivity index (χ3v) is 4.62. The second kappa shape index (κ2) is 5.81. The summed E-state index contributed by atoms with van der Waals surface area (Å²) in [6.45, 7) is 4.21. The molecule has 0 spiro atoms. The Hall–Kier alpha value is -1.59. The summed E-state index contributed by atoms with van der Waals surface area (Å²) in [5.74, 6) is 0.838. The molecular formula is C15H18N2O2S. The van der Waals surface area contributed by atoms with E-state index in [4.69, 9.17) is 4.42 Å². The normalized spacial score (nSPS) is 16.6. The zero-order valence-corrected chi connectivity index (χ0v) is 12.3. The number of hydrogen-bond donors (Lipinski definition) is 1. The lowest BCUT2D eigenvalue weighted by atomic mass is 10.1. The molecule has 106 valence electrons. The zero-order valence-electron chi connectivity index (χ0n) is 11.5. The standard InChI is InChI=1S/C15H18N2O2S/c1-11(13-3-2-7-19-13)16-15(18)10-17-6-4-14-12(9-17)5-8-20-14/h2-3,5,7-8,11H,4,6,9-10H2,1H3,(H,16,18)/t11-/m1/s1. The van der Waals surface area contributed by atoms with Gasteiger partial charge < -0.3 is 9.73 Å². The largest absolute Gasteiger partial charge is 0.467 e. The van der Waals surface area contributed by atoms with Crippen LogP contribution in [0.5, 0.6) is 0 Å². The van der Waals surface area contributed by atoms with Gasteiger partial charge in [-0.2, -0.15) is 0 Å². The quantitative estimate of drug-likeness (QED) is 0.941. The van der Waals surface area contributed by atoms with Crippen LogP contribution in [-0.2, 0) is 17.8 Å². The molecule has 1 aliphatic rings. The molecule has 0 saturated heterocycles. The summed E-state index contributed by atoms with van der Waals surface area (Å²) in [5.41, 5.74) is 1.37. The number of carbonyl (C=O) groups excluding carboxylic acids is 1. The zero-order chi connectivity index (χ0) is 13.9. The van der Waals surface area contributed by atoms with Crippen LogP contribution in [0.25, 0.3) is 0 Å². The van der Waals surface area contributed by atoms with Crippen molar-refractivity contribution >= 4 is 17.2 Å². The van der Waals surface area contributed by atoms with Gasteiger partial charge >= 0.3 is 0 Å². The number of hydrogen-bond acceptors (Lipinski definition) is 4. The highest BCUT2D eigenvalue weighted by Gasteiger charge is 2.20. The molecule has 0 aliphatic carbocycles. The molecule has 0 bridgehead atoms. The van der Waals surface area contributed by atoms with Crippen LogP contribution >= 0.6 is 11.3 Å². The highest BCUT2D eigenvalue weighted by Crippen LogP contribution is 2.23. The van der Waals surface area contributed by atoms with Crippen molar-refractivity contribution in [3.8, 4) is 0 Å². The van der Waals surface area contributed by atoms with Crippen LogP contribution in [-0.4, -0.2) is 23.9 Å². The Morgan fingerprint density at radius 3 is 3.25 bits per heavy atom. The van der Waals surface area contributed by atoms with Crippen molar-refractivity contribution in [3.63, 3.8) is 0 Å². The van der Waals surface area contributed by atoms with Crippen molar-refractivity contribution in [2.75, 3.05) is 13.1 Å². The average Bonchev–Trinajstić information content (AvgIpc) is 3.09. The van der Waals surface area contributed by atoms with Crippen molar-refractivity contribution in [2.45, 2.75) is 25.9 Å². The molecular weight excluding hydrogens is 272 g/mol. The van der Waals surface area contributed by atoms with Crippen molar-refractivity contribution in [2.24, 2.45) is 0 Å². The third kappa shape index (κ3) is 2.94. The van der Waals surface area contributed by atoms with E-state index in [1.807, 2.05) is 30.4 Å². The Bertz CT molecular complexity index is 576. The summed E-state index contributed by atoms with van der Waals surface area (Å²) in [5, 5.41) is 5.11. The van der Waals surface area contributed by atoms with E-state index in [9.17, 15) is 4.79 Å². The predicted molar refractivity (Wildman–Crippen MR) is 78.6 cm³/mol. The molecule has 1 amide bonds. The molecule has 1 aliphatic heterocycles. The van der Waals surface area contributed by atoms with Gasteiger partial charge in [0.1, 0.15) is 5.76 Å². The molecule has 0 saturated carbocycles. The van der Waals surface area contributed by atoms with Gasteiger partial charge in [0, 0.05) is 18.0 Å². The number of nitrogens with zero attached hydrogens (tertiary/aromatic N) is 1. The van der Waals surface area contributed by atoms with Crippen LogP contribution in [0.2, 0.25) is 0 Å². The summed E-state index contributed by atoms with van der Waals surface area (Å²) in [6, 6.07) is 5.79. The molecule has 1 N–H and O–H groups in total. The minimum Gasteiger partial charge on any atom is -0.467 e. The Morgan fingerprint density at radius 2 is 2.45 bits per heavy atom. The summed E-state index contributed by atoms with van der Waals surface area (Å²) >= 11 is 1.82. The van der Waals surface area contributed by atoms with E-state index in [1.165, 1.54) is 10.4 Å². The molecule has 4 nitrogen and oxygen atoms in total. The number of thiophene rings is 1. The van der Waals surface area contributed by atoms with Crippen molar-refractivity contribution in [3.05, 3.63) is 46.0 Å². The monoisotopic (exact) mass is 290 g/mol. The van der Waals surface area contributed by atoms with E-state index < -0.39 is 0 Å². The van der Waals surface area contributed by atoms with Crippen LogP contribution < -0.4 is 5.32 Å². The molecule has 1 atom stereocenters. The number of nitrogens with one attached hydrogen (secondary N) is 1. The second-order valence-corrected chi connectivity index (χ2v) is 6.13. The Balaban J connectivity index is 1.52. The summed E-state index contributed by atoms with van der Waals surface area (Å²) in [7, 11) is 0. The number of furan rings is 1. The minimum absolute atomic E-state index is 0.0487. The van der Waals surface area contributed by atoms with Gasteiger partial charge in [-0.05, 0) is 42.5 Å². The Labute approximate surface area is 122 Å². The van der Waals surface area contributed by atoms with Crippen molar-refractivity contribution in [1.82, 2.24) is 10.2 Å². The Kier molecular flexibility index (Phi) is 3.89. The maximum absolute atomic E-state index is 12.1. The lowest BCUT2D eigenvalue weighted by Crippen LogP contribution is -2.40. The fourth-order valence-electron chi connectivity index (χ4n) is 2.54. The molecule has 5 heteroatoms. The first kappa shape index (κ1) is 13.4. The molecule has 2 aromatic rings. The molecule has 0 fully saturated rings. The van der Waals surface area contributed by atoms with Gasteiger partial charge in [-0.3, -0.25) is 9.69 Å². The van der Waals surface area contributed by atoms with Gasteiger partial charge in [0.2, 0.25) is 5.91 Å². The van der Waals surface area contributed by atoms with E-state index >= 15 is 0 Å². The second-order valence-electron chi connectivity index (χ2n) is 5.13. The van der Waals surface area contributed by atoms with Gasteiger partial charge in [0.25, 0.3) is 0 Å². The lowest BCUT2D eigenvalue weighted by molar-refractivity contribution is -0.123. The smallest absolute Gasteiger partial charge is 0.234 e. The molecule has 20 heavy (non-hydrogen) atoms. The number of carbonyl (C=O) groups is 1. The maximum Gasteiger partial charge on any atom is 0.234 e. The summed E-state index contributed by atoms with van der Waals surface area (Å²) < 4.78 is 5.30. The topological polar surface area (TPSA) is 45.5 Å². The fourth-order valence-corrected chi connectivity index (χ4v) is 3.43. The first-order chi connectivity index (χ1) is 9.72. The van der Waals surface area contributed by atoms with Crippen LogP contribution in [0.3, 0.4) is 0 Å². The number of rotatable bonds is 4. The van der Waals surface area contributed by atoms with Gasteiger partial charge in [0.05, 0.1) is 18.8 Å². The SMILES string of the molecule is C[C@@H](NC(=O)CN1CCc2sccc2C1)c1ccco1. The van der Waals surface area contributed by atoms with E-state index in [0.29, 0.717) is 6.54 Å². The fraction of sp³-hybridized carbons (Fsp3) is 0.400. The van der Waals surface area contributed by atoms with Gasteiger partial charge in [0.15, 0.2) is 0 Å².